The number of halogens is 4. The molecule has 9 heteroatoms. The first-order valence-electron chi connectivity index (χ1n) is 9.85. The summed E-state index contributed by atoms with van der Waals surface area (Å²) in [5.74, 6) is -0.720. The van der Waals surface area contributed by atoms with Gasteiger partial charge in [0.1, 0.15) is 0 Å². The van der Waals surface area contributed by atoms with Gasteiger partial charge in [0.2, 0.25) is 5.91 Å². The molecule has 172 valence electrons. The highest BCUT2D eigenvalue weighted by molar-refractivity contribution is 8.00. The van der Waals surface area contributed by atoms with E-state index in [4.69, 9.17) is 11.6 Å². The van der Waals surface area contributed by atoms with Crippen LogP contribution in [0.5, 0.6) is 0 Å². The Morgan fingerprint density at radius 3 is 2.30 bits per heavy atom. The SMILES string of the molecule is Cc1cccc(C(=O)Nc2ccc(SC(C)C(=O)Nc3cc(C(F)(F)F)ccc3Cl)cc2)c1. The van der Waals surface area contributed by atoms with Crippen LogP contribution in [-0.2, 0) is 11.0 Å². The van der Waals surface area contributed by atoms with Gasteiger partial charge in [0.25, 0.3) is 5.91 Å². The standard InChI is InChI=1S/C24H20ClF3N2O2S/c1-14-4-3-5-16(12-14)23(32)29-18-7-9-19(10-8-18)33-15(2)22(31)30-21-13-17(24(26,27)28)6-11-20(21)25/h3-13,15H,1-2H3,(H,29,32)(H,30,31). The fourth-order valence-electron chi connectivity index (χ4n) is 2.90. The molecule has 3 aromatic rings. The van der Waals surface area contributed by atoms with Crippen molar-refractivity contribution in [3.05, 3.63) is 88.4 Å². The Kier molecular flexibility index (Phi) is 7.71. The van der Waals surface area contributed by atoms with Crippen LogP contribution in [0.1, 0.15) is 28.4 Å². The topological polar surface area (TPSA) is 58.2 Å². The number of nitrogens with one attached hydrogen (secondary N) is 2. The van der Waals surface area contributed by atoms with Gasteiger partial charge in [-0.3, -0.25) is 9.59 Å². The van der Waals surface area contributed by atoms with Crippen molar-refractivity contribution in [2.24, 2.45) is 0 Å². The summed E-state index contributed by atoms with van der Waals surface area (Å²) in [5, 5.41) is 4.67. The van der Waals surface area contributed by atoms with Crippen molar-refractivity contribution in [2.45, 2.75) is 30.2 Å². The number of benzene rings is 3. The zero-order valence-electron chi connectivity index (χ0n) is 17.7. The van der Waals surface area contributed by atoms with Crippen molar-refractivity contribution in [3.8, 4) is 0 Å². The van der Waals surface area contributed by atoms with Gasteiger partial charge in [-0.2, -0.15) is 13.2 Å². The zero-order chi connectivity index (χ0) is 24.2. The summed E-state index contributed by atoms with van der Waals surface area (Å²) in [5.41, 5.74) is 1.13. The number of thioether (sulfide) groups is 1. The van der Waals surface area contributed by atoms with Crippen LogP contribution in [0.3, 0.4) is 0 Å². The van der Waals surface area contributed by atoms with Gasteiger partial charge in [0.15, 0.2) is 0 Å². The second kappa shape index (κ2) is 10.3. The molecule has 33 heavy (non-hydrogen) atoms. The van der Waals surface area contributed by atoms with Gasteiger partial charge in [0.05, 0.1) is 21.5 Å². The lowest BCUT2D eigenvalue weighted by Gasteiger charge is -2.15. The van der Waals surface area contributed by atoms with Crippen LogP contribution in [-0.4, -0.2) is 17.1 Å². The number of hydrogen-bond acceptors (Lipinski definition) is 3. The predicted octanol–water partition coefficient (Wildman–Crippen LogP) is 7.04. The van der Waals surface area contributed by atoms with Crippen molar-refractivity contribution in [1.29, 1.82) is 0 Å². The molecule has 0 saturated carbocycles. The zero-order valence-corrected chi connectivity index (χ0v) is 19.2. The fourth-order valence-corrected chi connectivity index (χ4v) is 3.93. The third-order valence-corrected chi connectivity index (χ3v) is 6.07. The normalized spacial score (nSPS) is 12.2. The summed E-state index contributed by atoms with van der Waals surface area (Å²) in [4.78, 5) is 25.6. The molecule has 0 spiro atoms. The number of alkyl halides is 3. The van der Waals surface area contributed by atoms with Crippen LogP contribution in [0, 0.1) is 6.92 Å². The highest BCUT2D eigenvalue weighted by Crippen LogP contribution is 2.34. The molecule has 0 aliphatic rings. The maximum absolute atomic E-state index is 12.9. The lowest BCUT2D eigenvalue weighted by atomic mass is 10.1. The van der Waals surface area contributed by atoms with Gasteiger partial charge in [-0.05, 0) is 68.4 Å². The van der Waals surface area contributed by atoms with E-state index in [1.165, 1.54) is 11.8 Å². The fraction of sp³-hybridized carbons (Fsp3) is 0.167. The largest absolute Gasteiger partial charge is 0.416 e. The van der Waals surface area contributed by atoms with E-state index in [0.29, 0.717) is 11.3 Å². The highest BCUT2D eigenvalue weighted by Gasteiger charge is 2.31. The molecule has 0 aliphatic heterocycles. The van der Waals surface area contributed by atoms with Crippen molar-refractivity contribution >= 4 is 46.6 Å². The first kappa shape index (κ1) is 24.7. The number of aryl methyl sites for hydroxylation is 1. The van der Waals surface area contributed by atoms with Crippen LogP contribution in [0.25, 0.3) is 0 Å². The van der Waals surface area contributed by atoms with Crippen molar-refractivity contribution in [1.82, 2.24) is 0 Å². The number of rotatable bonds is 6. The summed E-state index contributed by atoms with van der Waals surface area (Å²) in [6.45, 7) is 3.54. The molecule has 0 heterocycles. The van der Waals surface area contributed by atoms with Crippen LogP contribution in [0.4, 0.5) is 24.5 Å². The highest BCUT2D eigenvalue weighted by atomic mass is 35.5. The number of anilines is 2. The lowest BCUT2D eigenvalue weighted by Crippen LogP contribution is -2.22. The van der Waals surface area contributed by atoms with E-state index in [0.717, 1.165) is 28.7 Å². The van der Waals surface area contributed by atoms with E-state index >= 15 is 0 Å². The van der Waals surface area contributed by atoms with Crippen molar-refractivity contribution in [3.63, 3.8) is 0 Å². The molecule has 0 bridgehead atoms. The van der Waals surface area contributed by atoms with E-state index in [1.807, 2.05) is 19.1 Å². The third kappa shape index (κ3) is 6.76. The summed E-state index contributed by atoms with van der Waals surface area (Å²) in [7, 11) is 0. The molecule has 2 amide bonds. The maximum Gasteiger partial charge on any atom is 0.416 e. The number of carbonyl (C=O) groups is 2. The Labute approximate surface area is 198 Å². The minimum Gasteiger partial charge on any atom is -0.324 e. The molecule has 1 atom stereocenters. The van der Waals surface area contributed by atoms with Crippen LogP contribution in [0.2, 0.25) is 5.02 Å². The van der Waals surface area contributed by atoms with Gasteiger partial charge in [-0.25, -0.2) is 0 Å². The van der Waals surface area contributed by atoms with E-state index in [2.05, 4.69) is 10.6 Å². The van der Waals surface area contributed by atoms with E-state index in [9.17, 15) is 22.8 Å². The first-order chi connectivity index (χ1) is 15.5. The second-order valence-electron chi connectivity index (χ2n) is 7.29. The molecule has 4 nitrogen and oxygen atoms in total. The minimum absolute atomic E-state index is 0.0160. The Morgan fingerprint density at radius 1 is 0.970 bits per heavy atom. The molecule has 0 aromatic heterocycles. The van der Waals surface area contributed by atoms with Crippen molar-refractivity contribution in [2.75, 3.05) is 10.6 Å². The summed E-state index contributed by atoms with van der Waals surface area (Å²) in [6, 6.07) is 16.9. The maximum atomic E-state index is 12.9. The summed E-state index contributed by atoms with van der Waals surface area (Å²) in [6.07, 6.45) is -4.54. The van der Waals surface area contributed by atoms with Crippen LogP contribution >= 0.6 is 23.4 Å². The van der Waals surface area contributed by atoms with Gasteiger partial charge >= 0.3 is 6.18 Å². The molecular formula is C24H20ClF3N2O2S. The van der Waals surface area contributed by atoms with Gasteiger partial charge in [-0.15, -0.1) is 11.8 Å². The average molecular weight is 493 g/mol. The predicted molar refractivity (Wildman–Crippen MR) is 126 cm³/mol. The van der Waals surface area contributed by atoms with Gasteiger partial charge < -0.3 is 10.6 Å². The van der Waals surface area contributed by atoms with Crippen LogP contribution < -0.4 is 10.6 Å². The molecular weight excluding hydrogens is 473 g/mol. The molecule has 2 N–H and O–H groups in total. The van der Waals surface area contributed by atoms with Gasteiger partial charge in [0, 0.05) is 16.1 Å². The van der Waals surface area contributed by atoms with Crippen molar-refractivity contribution < 1.29 is 22.8 Å². The van der Waals surface area contributed by atoms with E-state index < -0.39 is 22.9 Å². The monoisotopic (exact) mass is 492 g/mol. The molecule has 1 unspecified atom stereocenters. The minimum atomic E-state index is -4.54. The third-order valence-electron chi connectivity index (χ3n) is 4.63. The molecule has 0 saturated heterocycles. The molecule has 0 radical (unpaired) electrons. The molecule has 0 fully saturated rings. The quantitative estimate of drug-likeness (QED) is 0.363. The average Bonchev–Trinajstić information content (AvgIpc) is 2.75. The van der Waals surface area contributed by atoms with Gasteiger partial charge in [-0.1, -0.05) is 29.3 Å². The molecule has 0 aliphatic carbocycles. The number of carbonyl (C=O) groups excluding carboxylic acids is 2. The Morgan fingerprint density at radius 2 is 1.67 bits per heavy atom. The Balaban J connectivity index is 1.61. The Hall–Kier alpha value is -2.97. The van der Waals surface area contributed by atoms with E-state index in [-0.39, 0.29) is 16.6 Å². The number of amides is 2. The lowest BCUT2D eigenvalue weighted by molar-refractivity contribution is -0.137. The molecule has 3 aromatic carbocycles. The number of hydrogen-bond donors (Lipinski definition) is 2. The second-order valence-corrected chi connectivity index (χ2v) is 9.11. The molecule has 3 rings (SSSR count). The first-order valence-corrected chi connectivity index (χ1v) is 11.1. The summed E-state index contributed by atoms with van der Waals surface area (Å²) < 4.78 is 38.8. The van der Waals surface area contributed by atoms with Crippen LogP contribution in [0.15, 0.2) is 71.6 Å². The van der Waals surface area contributed by atoms with E-state index in [1.54, 1.807) is 43.3 Å². The smallest absolute Gasteiger partial charge is 0.324 e. The summed E-state index contributed by atoms with van der Waals surface area (Å²) >= 11 is 7.17. The Bertz CT molecular complexity index is 1170.